The first kappa shape index (κ1) is 14.5. The molecule has 0 bridgehead atoms. The zero-order valence-corrected chi connectivity index (χ0v) is 11.4. The fourth-order valence-corrected chi connectivity index (χ4v) is 2.20. The van der Waals surface area contributed by atoms with Crippen molar-refractivity contribution in [2.24, 2.45) is 11.7 Å². The van der Waals surface area contributed by atoms with E-state index in [0.717, 1.165) is 12.8 Å². The highest BCUT2D eigenvalue weighted by molar-refractivity contribution is 5.77. The summed E-state index contributed by atoms with van der Waals surface area (Å²) in [6.45, 7) is 1.81. The van der Waals surface area contributed by atoms with E-state index in [1.807, 2.05) is 0 Å². The van der Waals surface area contributed by atoms with Crippen LogP contribution in [0.5, 0.6) is 0 Å². The lowest BCUT2D eigenvalue weighted by molar-refractivity contribution is -0.384. The second-order valence-electron chi connectivity index (χ2n) is 5.35. The smallest absolute Gasteiger partial charge is 0.269 e. The molecule has 1 aliphatic rings. The van der Waals surface area contributed by atoms with Crippen LogP contribution in [0.2, 0.25) is 0 Å². The average Bonchev–Trinajstić information content (AvgIpc) is 3.22. The molecule has 6 nitrogen and oxygen atoms in total. The second kappa shape index (κ2) is 6.00. The van der Waals surface area contributed by atoms with Gasteiger partial charge in [-0.1, -0.05) is 12.1 Å². The molecule has 1 aromatic carbocycles. The van der Waals surface area contributed by atoms with E-state index in [1.165, 1.54) is 12.1 Å². The van der Waals surface area contributed by atoms with Crippen molar-refractivity contribution in [3.05, 3.63) is 39.9 Å². The second-order valence-corrected chi connectivity index (χ2v) is 5.35. The Hall–Kier alpha value is -1.95. The van der Waals surface area contributed by atoms with Gasteiger partial charge in [0, 0.05) is 24.6 Å². The molecule has 2 unspecified atom stereocenters. The van der Waals surface area contributed by atoms with E-state index in [9.17, 15) is 14.9 Å². The minimum Gasteiger partial charge on any atom is -0.350 e. The molecular formula is C14H19N3O3. The van der Waals surface area contributed by atoms with E-state index in [2.05, 4.69) is 5.32 Å². The van der Waals surface area contributed by atoms with Crippen LogP contribution in [0, 0.1) is 16.0 Å². The van der Waals surface area contributed by atoms with Crippen LogP contribution in [0.4, 0.5) is 5.69 Å². The van der Waals surface area contributed by atoms with Gasteiger partial charge < -0.3 is 11.1 Å². The van der Waals surface area contributed by atoms with Crippen LogP contribution in [-0.2, 0) is 4.79 Å². The number of nitrogens with one attached hydrogen (secondary N) is 1. The first-order valence-corrected chi connectivity index (χ1v) is 6.76. The van der Waals surface area contributed by atoms with Crippen molar-refractivity contribution in [1.82, 2.24) is 5.32 Å². The molecule has 1 aliphatic carbocycles. The van der Waals surface area contributed by atoms with E-state index >= 15 is 0 Å². The molecule has 0 heterocycles. The number of carbonyl (C=O) groups is 1. The van der Waals surface area contributed by atoms with E-state index in [0.29, 0.717) is 17.9 Å². The lowest BCUT2D eigenvalue weighted by atomic mass is 10.1. The Kier molecular flexibility index (Phi) is 4.34. The summed E-state index contributed by atoms with van der Waals surface area (Å²) in [5.74, 6) is 0.372. The largest absolute Gasteiger partial charge is 0.350 e. The molecule has 1 fully saturated rings. The summed E-state index contributed by atoms with van der Waals surface area (Å²) >= 11 is 0. The van der Waals surface area contributed by atoms with Gasteiger partial charge in [0.15, 0.2) is 0 Å². The standard InChI is InChI=1S/C14H19N3O3/c1-9(11-3-2-4-12(7-11)17(19)20)16-14(18)8-13(15)10-5-6-10/h2-4,7,9-10,13H,5-6,8,15H2,1H3,(H,16,18). The Morgan fingerprint density at radius 2 is 2.25 bits per heavy atom. The number of non-ortho nitro benzene ring substituents is 1. The maximum Gasteiger partial charge on any atom is 0.269 e. The maximum atomic E-state index is 11.9. The van der Waals surface area contributed by atoms with E-state index in [4.69, 9.17) is 5.73 Å². The minimum atomic E-state index is -0.443. The molecule has 108 valence electrons. The normalized spacial score (nSPS) is 17.3. The molecule has 0 aromatic heterocycles. The molecule has 0 aliphatic heterocycles. The number of amides is 1. The molecule has 3 N–H and O–H groups in total. The number of nitro groups is 1. The monoisotopic (exact) mass is 277 g/mol. The zero-order chi connectivity index (χ0) is 14.7. The summed E-state index contributed by atoms with van der Waals surface area (Å²) in [5, 5.41) is 13.6. The number of nitrogens with two attached hydrogens (primary N) is 1. The maximum absolute atomic E-state index is 11.9. The molecule has 20 heavy (non-hydrogen) atoms. The number of hydrogen-bond donors (Lipinski definition) is 2. The highest BCUT2D eigenvalue weighted by Crippen LogP contribution is 2.32. The van der Waals surface area contributed by atoms with Crippen molar-refractivity contribution in [2.45, 2.75) is 38.3 Å². The summed E-state index contributed by atoms with van der Waals surface area (Å²) < 4.78 is 0. The fourth-order valence-electron chi connectivity index (χ4n) is 2.20. The van der Waals surface area contributed by atoms with Crippen LogP contribution in [-0.4, -0.2) is 16.9 Å². The Morgan fingerprint density at radius 1 is 1.55 bits per heavy atom. The van der Waals surface area contributed by atoms with Crippen LogP contribution in [0.1, 0.15) is 37.8 Å². The number of nitro benzene ring substituents is 1. The molecule has 1 aromatic rings. The Morgan fingerprint density at radius 3 is 2.85 bits per heavy atom. The lowest BCUT2D eigenvalue weighted by Crippen LogP contribution is -2.34. The molecule has 0 saturated heterocycles. The quantitative estimate of drug-likeness (QED) is 0.612. The van der Waals surface area contributed by atoms with Gasteiger partial charge in [0.2, 0.25) is 5.91 Å². The number of carbonyl (C=O) groups excluding carboxylic acids is 1. The van der Waals surface area contributed by atoms with Gasteiger partial charge in [-0.3, -0.25) is 14.9 Å². The first-order valence-electron chi connectivity index (χ1n) is 6.76. The molecule has 1 saturated carbocycles. The van der Waals surface area contributed by atoms with Crippen molar-refractivity contribution >= 4 is 11.6 Å². The van der Waals surface area contributed by atoms with E-state index in [-0.39, 0.29) is 23.7 Å². The van der Waals surface area contributed by atoms with Gasteiger partial charge in [0.05, 0.1) is 11.0 Å². The first-order chi connectivity index (χ1) is 9.47. The highest BCUT2D eigenvalue weighted by atomic mass is 16.6. The summed E-state index contributed by atoms with van der Waals surface area (Å²) in [6, 6.07) is 5.94. The Labute approximate surface area is 117 Å². The molecule has 6 heteroatoms. The average molecular weight is 277 g/mol. The molecule has 0 spiro atoms. The predicted molar refractivity (Wildman–Crippen MR) is 75.0 cm³/mol. The third-order valence-corrected chi connectivity index (χ3v) is 3.61. The summed E-state index contributed by atoms with van der Waals surface area (Å²) in [5.41, 5.74) is 6.65. The van der Waals surface area contributed by atoms with Crippen molar-refractivity contribution < 1.29 is 9.72 Å². The minimum absolute atomic E-state index is 0.0262. The van der Waals surface area contributed by atoms with Gasteiger partial charge in [0.25, 0.3) is 5.69 Å². The topological polar surface area (TPSA) is 98.3 Å². The van der Waals surface area contributed by atoms with Gasteiger partial charge in [0.1, 0.15) is 0 Å². The molecule has 2 atom stereocenters. The lowest BCUT2D eigenvalue weighted by Gasteiger charge is -2.16. The third-order valence-electron chi connectivity index (χ3n) is 3.61. The van der Waals surface area contributed by atoms with Gasteiger partial charge >= 0.3 is 0 Å². The van der Waals surface area contributed by atoms with Gasteiger partial charge in [-0.25, -0.2) is 0 Å². The van der Waals surface area contributed by atoms with Crippen molar-refractivity contribution in [2.75, 3.05) is 0 Å². The molecule has 2 rings (SSSR count). The van der Waals surface area contributed by atoms with Crippen molar-refractivity contribution in [3.8, 4) is 0 Å². The summed E-state index contributed by atoms with van der Waals surface area (Å²) in [6.07, 6.45) is 2.52. The number of benzene rings is 1. The summed E-state index contributed by atoms with van der Waals surface area (Å²) in [4.78, 5) is 22.1. The summed E-state index contributed by atoms with van der Waals surface area (Å²) in [7, 11) is 0. The fraction of sp³-hybridized carbons (Fsp3) is 0.500. The van der Waals surface area contributed by atoms with Gasteiger partial charge in [-0.2, -0.15) is 0 Å². The van der Waals surface area contributed by atoms with Crippen LogP contribution in [0.15, 0.2) is 24.3 Å². The predicted octanol–water partition coefficient (Wildman–Crippen LogP) is 1.90. The SMILES string of the molecule is CC(NC(=O)CC(N)C1CC1)c1cccc([N+](=O)[O-])c1. The van der Waals surface area contributed by atoms with E-state index in [1.54, 1.807) is 19.1 Å². The third kappa shape index (κ3) is 3.77. The van der Waals surface area contributed by atoms with Crippen LogP contribution in [0.3, 0.4) is 0 Å². The number of rotatable bonds is 6. The van der Waals surface area contributed by atoms with Crippen molar-refractivity contribution in [3.63, 3.8) is 0 Å². The van der Waals surface area contributed by atoms with Crippen molar-refractivity contribution in [1.29, 1.82) is 0 Å². The van der Waals surface area contributed by atoms with Crippen LogP contribution >= 0.6 is 0 Å². The zero-order valence-electron chi connectivity index (χ0n) is 11.4. The Bertz CT molecular complexity index is 514. The molecule has 0 radical (unpaired) electrons. The van der Waals surface area contributed by atoms with Gasteiger partial charge in [-0.05, 0) is 31.2 Å². The molecule has 1 amide bonds. The van der Waals surface area contributed by atoms with Crippen LogP contribution < -0.4 is 11.1 Å². The van der Waals surface area contributed by atoms with E-state index < -0.39 is 4.92 Å². The molecular weight excluding hydrogens is 258 g/mol. The number of hydrogen-bond acceptors (Lipinski definition) is 4. The number of nitrogens with zero attached hydrogens (tertiary/aromatic N) is 1. The Balaban J connectivity index is 1.93. The van der Waals surface area contributed by atoms with Crippen LogP contribution in [0.25, 0.3) is 0 Å². The highest BCUT2D eigenvalue weighted by Gasteiger charge is 2.30. The van der Waals surface area contributed by atoms with Gasteiger partial charge in [-0.15, -0.1) is 0 Å².